The molecule has 1 fully saturated rings. The minimum atomic E-state index is -1.21. The second-order valence-electron chi connectivity index (χ2n) is 6.99. The molecule has 2 aromatic rings. The van der Waals surface area contributed by atoms with Crippen LogP contribution in [-0.2, 0) is 0 Å². The van der Waals surface area contributed by atoms with Crippen LogP contribution in [-0.4, -0.2) is 39.6 Å². The number of nitrogens with one attached hydrogen (secondary N) is 3. The van der Waals surface area contributed by atoms with Crippen LogP contribution in [0.25, 0.3) is 0 Å². The van der Waals surface area contributed by atoms with Crippen molar-refractivity contribution in [2.24, 2.45) is 16.6 Å². The van der Waals surface area contributed by atoms with Gasteiger partial charge in [0, 0.05) is 42.3 Å². The molecule has 1 aliphatic rings. The van der Waals surface area contributed by atoms with Gasteiger partial charge in [0.1, 0.15) is 18.3 Å². The highest BCUT2D eigenvalue weighted by molar-refractivity contribution is 6.14. The molecule has 3 atom stereocenters. The van der Waals surface area contributed by atoms with Crippen molar-refractivity contribution < 1.29 is 10.5 Å². The Hall–Kier alpha value is -2.92. The molecule has 0 saturated heterocycles. The van der Waals surface area contributed by atoms with Gasteiger partial charge in [-0.25, -0.2) is 4.98 Å². The number of aliphatic hydroxyl groups excluding tert-OH is 1. The molecule has 0 bridgehead atoms. The minimum absolute atomic E-state index is 0.0669. The maximum absolute atomic E-state index is 9.91. The molecule has 10 nitrogen and oxygen atoms in total. The molecule has 1 aromatic heterocycles. The average Bonchev–Trinajstić information content (AvgIpc) is 2.70. The van der Waals surface area contributed by atoms with Crippen molar-refractivity contribution >= 4 is 35.6 Å². The first-order chi connectivity index (χ1) is 14.1. The van der Waals surface area contributed by atoms with Gasteiger partial charge in [-0.05, 0) is 18.9 Å². The topological polar surface area (TPSA) is 175 Å². The van der Waals surface area contributed by atoms with Gasteiger partial charge in [-0.2, -0.15) is 10.4 Å². The molecular formula is C19H28N9O+. The van der Waals surface area contributed by atoms with Crippen molar-refractivity contribution in [3.63, 3.8) is 0 Å². The third-order valence-corrected chi connectivity index (χ3v) is 4.80. The zero-order chi connectivity index (χ0) is 20.6. The van der Waals surface area contributed by atoms with E-state index in [1.165, 1.54) is 12.4 Å². The molecule has 29 heavy (non-hydrogen) atoms. The summed E-state index contributed by atoms with van der Waals surface area (Å²) in [6.07, 6.45) is 7.02. The van der Waals surface area contributed by atoms with Crippen molar-refractivity contribution in [1.82, 2.24) is 9.97 Å². The van der Waals surface area contributed by atoms with Crippen LogP contribution in [0.3, 0.4) is 0 Å². The van der Waals surface area contributed by atoms with Gasteiger partial charge in [0.15, 0.2) is 5.69 Å². The van der Waals surface area contributed by atoms with Crippen LogP contribution in [0.2, 0.25) is 0 Å². The van der Waals surface area contributed by atoms with E-state index in [1.54, 1.807) is 5.43 Å². The van der Waals surface area contributed by atoms with Gasteiger partial charge >= 0.3 is 0 Å². The molecule has 154 valence electrons. The highest BCUT2D eigenvalue weighted by Crippen LogP contribution is 2.25. The molecular weight excluding hydrogens is 370 g/mol. The standard InChI is InChI=1S/C19H27N9O/c20-8-9-24-28-13-5-3-4-12(10-13)25-18-14(17(22)29)11-23-19(27-18)26-16-7-2-1-6-15(16)21/h3-5,8-11,15-17,20,28-29H,1-2,6-7,21-22H2,(H2,23,25,26,27)/p+1. The van der Waals surface area contributed by atoms with Crippen LogP contribution in [0.15, 0.2) is 35.6 Å². The van der Waals surface area contributed by atoms with Gasteiger partial charge < -0.3 is 32.6 Å². The molecule has 0 spiro atoms. The number of rotatable bonds is 8. The van der Waals surface area contributed by atoms with Crippen LogP contribution < -0.4 is 27.5 Å². The summed E-state index contributed by atoms with van der Waals surface area (Å²) >= 11 is 0. The third-order valence-electron chi connectivity index (χ3n) is 4.80. The Labute approximate surface area is 169 Å². The summed E-state index contributed by atoms with van der Waals surface area (Å²) < 4.78 is 0. The van der Waals surface area contributed by atoms with Crippen molar-refractivity contribution in [1.29, 1.82) is 5.41 Å². The maximum Gasteiger partial charge on any atom is 0.224 e. The van der Waals surface area contributed by atoms with Gasteiger partial charge in [-0.15, -0.1) is 0 Å². The molecule has 10 N–H and O–H groups in total. The first-order valence-corrected chi connectivity index (χ1v) is 9.62. The molecule has 0 aliphatic heterocycles. The largest absolute Gasteiger partial charge is 0.374 e. The summed E-state index contributed by atoms with van der Waals surface area (Å²) in [5.74, 6) is 0.861. The monoisotopic (exact) mass is 398 g/mol. The zero-order valence-corrected chi connectivity index (χ0v) is 16.1. The fraction of sp³-hybridized carbons (Fsp3) is 0.368. The van der Waals surface area contributed by atoms with Gasteiger partial charge in [-0.1, -0.05) is 24.0 Å². The lowest BCUT2D eigenvalue weighted by molar-refractivity contribution is -0.576. The molecule has 1 aliphatic carbocycles. The van der Waals surface area contributed by atoms with Crippen molar-refractivity contribution in [3.05, 3.63) is 36.0 Å². The molecule has 3 unspecified atom stereocenters. The van der Waals surface area contributed by atoms with Gasteiger partial charge in [0.05, 0.1) is 5.56 Å². The van der Waals surface area contributed by atoms with Gasteiger partial charge in [0.2, 0.25) is 5.95 Å². The van der Waals surface area contributed by atoms with E-state index >= 15 is 0 Å². The van der Waals surface area contributed by atoms with Gasteiger partial charge in [0.25, 0.3) is 0 Å². The van der Waals surface area contributed by atoms with Crippen LogP contribution >= 0.6 is 0 Å². The molecule has 3 rings (SSSR count). The lowest BCUT2D eigenvalue weighted by Gasteiger charge is -2.29. The van der Waals surface area contributed by atoms with Crippen molar-refractivity contribution in [2.75, 3.05) is 10.6 Å². The third kappa shape index (κ3) is 5.78. The van der Waals surface area contributed by atoms with E-state index in [2.05, 4.69) is 25.7 Å². The Morgan fingerprint density at radius 1 is 1.34 bits per heavy atom. The molecule has 10 heteroatoms. The first kappa shape index (κ1) is 20.8. The van der Waals surface area contributed by atoms with Gasteiger partial charge in [-0.3, -0.25) is 0 Å². The van der Waals surface area contributed by atoms with E-state index in [0.717, 1.165) is 43.3 Å². The molecule has 1 aromatic carbocycles. The second kappa shape index (κ2) is 10.0. The Kier molecular flexibility index (Phi) is 7.19. The van der Waals surface area contributed by atoms with Crippen LogP contribution in [0.1, 0.15) is 37.5 Å². The SMILES string of the molecule is N=CC=N[NH2+]c1cccc(Nc2nc(NC3CCCCC3N)ncc2C(N)O)c1. The number of hydrogen-bond donors (Lipinski definition) is 7. The summed E-state index contributed by atoms with van der Waals surface area (Å²) in [6, 6.07) is 7.69. The number of nitrogens with two attached hydrogens (primary N) is 3. The van der Waals surface area contributed by atoms with Crippen LogP contribution in [0.4, 0.5) is 23.1 Å². The summed E-state index contributed by atoms with van der Waals surface area (Å²) in [7, 11) is 0. The minimum Gasteiger partial charge on any atom is -0.374 e. The molecule has 0 amide bonds. The average molecular weight is 398 g/mol. The number of benzene rings is 1. The lowest BCUT2D eigenvalue weighted by atomic mass is 9.91. The number of aliphatic hydroxyl groups is 1. The van der Waals surface area contributed by atoms with E-state index in [1.807, 2.05) is 24.3 Å². The highest BCUT2D eigenvalue weighted by atomic mass is 16.3. The summed E-state index contributed by atoms with van der Waals surface area (Å²) in [6.45, 7) is 0. The quantitative estimate of drug-likeness (QED) is 0.112. The maximum atomic E-state index is 9.91. The fourth-order valence-corrected chi connectivity index (χ4v) is 3.29. The Morgan fingerprint density at radius 2 is 2.17 bits per heavy atom. The number of quaternary nitrogens is 1. The molecule has 1 heterocycles. The van der Waals surface area contributed by atoms with E-state index in [9.17, 15) is 5.11 Å². The predicted octanol–water partition coefficient (Wildman–Crippen LogP) is 0.682. The van der Waals surface area contributed by atoms with E-state index in [0.29, 0.717) is 17.3 Å². The normalized spacial score (nSPS) is 20.4. The number of anilines is 3. The van der Waals surface area contributed by atoms with Crippen LogP contribution in [0, 0.1) is 5.41 Å². The lowest BCUT2D eigenvalue weighted by Crippen LogP contribution is -2.71. The van der Waals surface area contributed by atoms with E-state index in [-0.39, 0.29) is 12.1 Å². The second-order valence-corrected chi connectivity index (χ2v) is 6.99. The molecule has 1 saturated carbocycles. The summed E-state index contributed by atoms with van der Waals surface area (Å²) in [5.41, 5.74) is 15.5. The number of aromatic nitrogens is 2. The highest BCUT2D eigenvalue weighted by Gasteiger charge is 2.23. The number of hydrogen-bond acceptors (Lipinski definition) is 9. The van der Waals surface area contributed by atoms with Crippen molar-refractivity contribution in [3.8, 4) is 0 Å². The zero-order valence-electron chi connectivity index (χ0n) is 16.1. The van der Waals surface area contributed by atoms with Crippen LogP contribution in [0.5, 0.6) is 0 Å². The predicted molar refractivity (Wildman–Crippen MR) is 114 cm³/mol. The Morgan fingerprint density at radius 3 is 2.93 bits per heavy atom. The molecule has 0 radical (unpaired) electrons. The van der Waals surface area contributed by atoms with Crippen molar-refractivity contribution in [2.45, 2.75) is 44.0 Å². The Bertz CT molecular complexity index is 855. The fourth-order valence-electron chi connectivity index (χ4n) is 3.29. The van der Waals surface area contributed by atoms with E-state index < -0.39 is 6.23 Å². The smallest absolute Gasteiger partial charge is 0.224 e. The van der Waals surface area contributed by atoms with E-state index in [4.69, 9.17) is 16.9 Å². The first-order valence-electron chi connectivity index (χ1n) is 9.62. The number of nitrogens with zero attached hydrogens (tertiary/aromatic N) is 3. The summed E-state index contributed by atoms with van der Waals surface area (Å²) in [5, 5.41) is 27.4. The summed E-state index contributed by atoms with van der Waals surface area (Å²) in [4.78, 5) is 8.82. The Balaban J connectivity index is 1.80.